The Kier molecular flexibility index (Phi) is 11.3. The largest absolute Gasteiger partial charge is 0.459 e. The highest BCUT2D eigenvalue weighted by Crippen LogP contribution is 2.33. The molecule has 2 fully saturated rings. The molecule has 0 saturated carbocycles. The molecule has 0 bridgehead atoms. The van der Waals surface area contributed by atoms with E-state index < -0.39 is 0 Å². The van der Waals surface area contributed by atoms with Crippen LogP contribution in [0.1, 0.15) is 62.5 Å². The van der Waals surface area contributed by atoms with Crippen molar-refractivity contribution in [2.75, 3.05) is 18.0 Å². The van der Waals surface area contributed by atoms with Gasteiger partial charge in [-0.3, -0.25) is 9.59 Å². The molecule has 1 aromatic carbocycles. The molecule has 11 nitrogen and oxygen atoms in total. The summed E-state index contributed by atoms with van der Waals surface area (Å²) in [6, 6.07) is 10.1. The number of hydrogen-bond donors (Lipinski definition) is 5. The summed E-state index contributed by atoms with van der Waals surface area (Å²) in [5, 5.41) is 12.3. The Morgan fingerprint density at radius 1 is 0.975 bits per heavy atom. The molecule has 2 aliphatic rings. The van der Waals surface area contributed by atoms with Gasteiger partial charge in [0.2, 0.25) is 11.8 Å². The highest BCUT2D eigenvalue weighted by atomic mass is 32.2. The number of carbonyl (C=O) groups is 3. The first-order valence-corrected chi connectivity index (χ1v) is 15.0. The normalized spacial score (nSPS) is 19.4. The Labute approximate surface area is 239 Å². The molecule has 4 amide bonds. The average Bonchev–Trinajstić information content (AvgIpc) is 3.50. The average molecular weight is 570 g/mol. The monoisotopic (exact) mass is 569 g/mol. The van der Waals surface area contributed by atoms with Crippen molar-refractivity contribution >= 4 is 35.4 Å². The molecule has 2 saturated heterocycles. The van der Waals surface area contributed by atoms with Gasteiger partial charge in [-0.05, 0) is 42.9 Å². The Morgan fingerprint density at radius 2 is 1.73 bits per heavy atom. The number of benzene rings is 1. The number of nitrogens with zero attached hydrogens (tertiary/aromatic N) is 2. The van der Waals surface area contributed by atoms with E-state index >= 15 is 0 Å². The van der Waals surface area contributed by atoms with Crippen LogP contribution in [0, 0.1) is 0 Å². The van der Waals surface area contributed by atoms with Crippen LogP contribution in [0.4, 0.5) is 10.6 Å². The van der Waals surface area contributed by atoms with Crippen molar-refractivity contribution in [1.82, 2.24) is 31.2 Å². The van der Waals surface area contributed by atoms with E-state index in [9.17, 15) is 14.4 Å². The zero-order chi connectivity index (χ0) is 28.2. The van der Waals surface area contributed by atoms with Crippen LogP contribution in [0.25, 0.3) is 0 Å². The molecule has 6 N–H and O–H groups in total. The summed E-state index contributed by atoms with van der Waals surface area (Å²) in [4.78, 5) is 43.7. The van der Waals surface area contributed by atoms with Crippen LogP contribution in [-0.4, -0.2) is 57.4 Å². The number of nitrogen functional groups attached to an aromatic ring is 1. The summed E-state index contributed by atoms with van der Waals surface area (Å²) < 4.78 is 5.54. The number of urea groups is 1. The maximum Gasteiger partial charge on any atom is 0.318 e. The van der Waals surface area contributed by atoms with Crippen molar-refractivity contribution in [3.8, 4) is 6.01 Å². The van der Waals surface area contributed by atoms with E-state index in [4.69, 9.17) is 10.5 Å². The summed E-state index contributed by atoms with van der Waals surface area (Å²) >= 11 is 1.91. The number of aromatic nitrogens is 2. The quantitative estimate of drug-likeness (QED) is 0.152. The van der Waals surface area contributed by atoms with Gasteiger partial charge in [0.1, 0.15) is 12.4 Å². The first kappa shape index (κ1) is 29.4. The van der Waals surface area contributed by atoms with Gasteiger partial charge in [0.15, 0.2) is 0 Å². The van der Waals surface area contributed by atoms with Crippen molar-refractivity contribution in [2.24, 2.45) is 0 Å². The lowest BCUT2D eigenvalue weighted by molar-refractivity contribution is -0.122. The molecule has 3 heterocycles. The minimum absolute atomic E-state index is 0.0231. The number of anilines is 1. The number of unbranched alkanes of at least 4 members (excludes halogenated alkanes) is 3. The van der Waals surface area contributed by atoms with Crippen LogP contribution < -0.4 is 31.7 Å². The highest BCUT2D eigenvalue weighted by Gasteiger charge is 2.42. The predicted molar refractivity (Wildman–Crippen MR) is 155 cm³/mol. The zero-order valence-corrected chi connectivity index (χ0v) is 23.5. The van der Waals surface area contributed by atoms with Crippen LogP contribution in [0.5, 0.6) is 6.01 Å². The second-order valence-electron chi connectivity index (χ2n) is 10.2. The van der Waals surface area contributed by atoms with E-state index in [1.165, 1.54) is 0 Å². The molecule has 1 aromatic heterocycles. The van der Waals surface area contributed by atoms with Crippen LogP contribution >= 0.6 is 11.8 Å². The lowest BCUT2D eigenvalue weighted by Gasteiger charge is -2.16. The number of rotatable bonds is 16. The molecule has 0 spiro atoms. The van der Waals surface area contributed by atoms with Crippen LogP contribution in [0.15, 0.2) is 36.5 Å². The van der Waals surface area contributed by atoms with Crippen molar-refractivity contribution in [1.29, 1.82) is 0 Å². The van der Waals surface area contributed by atoms with Gasteiger partial charge in [-0.15, -0.1) is 0 Å². The summed E-state index contributed by atoms with van der Waals surface area (Å²) in [5.41, 5.74) is 7.60. The third-order valence-corrected chi connectivity index (χ3v) is 8.53. The lowest BCUT2D eigenvalue weighted by Crippen LogP contribution is -2.36. The number of amides is 4. The van der Waals surface area contributed by atoms with Gasteiger partial charge in [-0.25, -0.2) is 9.78 Å². The molecular weight excluding hydrogens is 530 g/mol. The molecule has 40 heavy (non-hydrogen) atoms. The zero-order valence-electron chi connectivity index (χ0n) is 22.7. The number of fused-ring (bicyclic) bond motifs is 1. The van der Waals surface area contributed by atoms with Crippen LogP contribution in [-0.2, 0) is 22.7 Å². The van der Waals surface area contributed by atoms with E-state index in [1.54, 1.807) is 12.3 Å². The van der Waals surface area contributed by atoms with Gasteiger partial charge in [-0.1, -0.05) is 37.1 Å². The molecule has 4 rings (SSSR count). The lowest BCUT2D eigenvalue weighted by atomic mass is 10.0. The van der Waals surface area contributed by atoms with E-state index in [1.807, 2.05) is 36.0 Å². The van der Waals surface area contributed by atoms with Crippen molar-refractivity contribution < 1.29 is 19.1 Å². The molecule has 0 radical (unpaired) electrons. The summed E-state index contributed by atoms with van der Waals surface area (Å²) in [7, 11) is 0. The summed E-state index contributed by atoms with van der Waals surface area (Å²) in [5.74, 6) is 1.43. The number of nitrogens with one attached hydrogen (secondary N) is 4. The maximum atomic E-state index is 12.2. The number of hydrogen-bond acceptors (Lipinski definition) is 8. The van der Waals surface area contributed by atoms with Gasteiger partial charge in [0.05, 0.1) is 12.1 Å². The minimum Gasteiger partial charge on any atom is -0.459 e. The molecule has 0 aliphatic carbocycles. The number of nitrogens with two attached hydrogens (primary N) is 1. The molecule has 216 valence electrons. The standard InChI is InChI=1S/C28H39N7O4S/c29-23-13-15-31-28(34-23)39-17-20-11-9-19(10-12-20)16-32-25(37)7-2-1-5-14-30-24(36)8-4-3-6-22-26-21(18-40-22)33-27(38)35-26/h9-13,15,21-22,26H,1-8,14,16-18H2,(H,30,36)(H,32,37)(H2,29,31,34)(H2,33,35,38)/t21?,22-,26?/m0/s1. The summed E-state index contributed by atoms with van der Waals surface area (Å²) in [6.07, 6.45) is 7.95. The molecule has 3 atom stereocenters. The Bertz CT molecular complexity index is 1130. The first-order valence-electron chi connectivity index (χ1n) is 14.0. The highest BCUT2D eigenvalue weighted by molar-refractivity contribution is 8.00. The summed E-state index contributed by atoms with van der Waals surface area (Å²) in [6.45, 7) is 1.44. The van der Waals surface area contributed by atoms with E-state index in [0.717, 1.165) is 55.4 Å². The fraction of sp³-hybridized carbons (Fsp3) is 0.536. The maximum absolute atomic E-state index is 12.2. The van der Waals surface area contributed by atoms with Crippen molar-refractivity contribution in [3.05, 3.63) is 47.7 Å². The van der Waals surface area contributed by atoms with Crippen molar-refractivity contribution in [3.63, 3.8) is 0 Å². The van der Waals surface area contributed by atoms with Gasteiger partial charge in [0.25, 0.3) is 0 Å². The van der Waals surface area contributed by atoms with Gasteiger partial charge < -0.3 is 31.7 Å². The number of ether oxygens (including phenoxy) is 1. The Balaban J connectivity index is 0.970. The van der Waals surface area contributed by atoms with E-state index in [0.29, 0.717) is 43.6 Å². The SMILES string of the molecule is Nc1ccnc(OCc2ccc(CNC(=O)CCCCCNC(=O)CCCC[C@@H]3SCC4NC(=O)NC43)cc2)n1. The number of thioether (sulfide) groups is 1. The van der Waals surface area contributed by atoms with Crippen molar-refractivity contribution in [2.45, 2.75) is 81.9 Å². The van der Waals surface area contributed by atoms with Gasteiger partial charge in [-0.2, -0.15) is 16.7 Å². The molecular formula is C28H39N7O4S. The number of carbonyl (C=O) groups excluding carboxylic acids is 3. The third kappa shape index (κ3) is 9.58. The molecule has 2 aromatic rings. The Morgan fingerprint density at radius 3 is 2.52 bits per heavy atom. The second-order valence-corrected chi connectivity index (χ2v) is 11.4. The molecule has 2 unspecified atom stereocenters. The van der Waals surface area contributed by atoms with E-state index in [2.05, 4.69) is 31.2 Å². The van der Waals surface area contributed by atoms with Gasteiger partial charge in [0, 0.05) is 43.1 Å². The van der Waals surface area contributed by atoms with Crippen LogP contribution in [0.3, 0.4) is 0 Å². The molecule has 12 heteroatoms. The first-order chi connectivity index (χ1) is 19.5. The minimum atomic E-state index is -0.0586. The fourth-order valence-corrected chi connectivity index (χ4v) is 6.33. The van der Waals surface area contributed by atoms with Gasteiger partial charge >= 0.3 is 12.0 Å². The topological polar surface area (TPSA) is 160 Å². The third-order valence-electron chi connectivity index (χ3n) is 7.02. The fourth-order valence-electron chi connectivity index (χ4n) is 4.79. The van der Waals surface area contributed by atoms with E-state index in [-0.39, 0.29) is 35.9 Å². The second kappa shape index (κ2) is 15.3. The smallest absolute Gasteiger partial charge is 0.318 e. The predicted octanol–water partition coefficient (Wildman–Crippen LogP) is 2.66. The Hall–Kier alpha value is -3.54. The van der Waals surface area contributed by atoms with Crippen LogP contribution in [0.2, 0.25) is 0 Å². The molecule has 2 aliphatic heterocycles.